The van der Waals surface area contributed by atoms with Crippen LogP contribution in [-0.2, 0) is 7.05 Å². The van der Waals surface area contributed by atoms with Crippen molar-refractivity contribution in [3.8, 4) is 17.0 Å². The summed E-state index contributed by atoms with van der Waals surface area (Å²) in [5.41, 5.74) is 7.66. The summed E-state index contributed by atoms with van der Waals surface area (Å²) in [7, 11) is 1.83. The second-order valence-corrected chi connectivity index (χ2v) is 4.27. The van der Waals surface area contributed by atoms with Crippen molar-refractivity contribution in [1.29, 1.82) is 0 Å². The second kappa shape index (κ2) is 4.49. The number of aryl methyl sites for hydroxylation is 1. The molecule has 2 rings (SSSR count). The molecule has 90 valence electrons. The summed E-state index contributed by atoms with van der Waals surface area (Å²) in [5.74, 6) is 1.52. The highest BCUT2D eigenvalue weighted by atomic mass is 16.5. The van der Waals surface area contributed by atoms with Crippen molar-refractivity contribution in [2.75, 3.05) is 5.73 Å². The lowest BCUT2D eigenvalue weighted by Crippen LogP contribution is -2.05. The topological polar surface area (TPSA) is 53.1 Å². The van der Waals surface area contributed by atoms with Crippen LogP contribution in [0.5, 0.6) is 5.75 Å². The minimum Gasteiger partial charge on any atom is -0.491 e. The Bertz CT molecular complexity index is 480. The summed E-state index contributed by atoms with van der Waals surface area (Å²) in [5, 5.41) is 4.32. The van der Waals surface area contributed by atoms with Crippen LogP contribution >= 0.6 is 0 Å². The van der Waals surface area contributed by atoms with Gasteiger partial charge in [0.1, 0.15) is 11.6 Å². The molecule has 0 spiro atoms. The molecule has 4 heteroatoms. The molecule has 2 N–H and O–H groups in total. The normalized spacial score (nSPS) is 10.8. The predicted octanol–water partition coefficient (Wildman–Crippen LogP) is 2.46. The summed E-state index contributed by atoms with van der Waals surface area (Å²) in [6, 6.07) is 9.72. The number of benzene rings is 1. The summed E-state index contributed by atoms with van der Waals surface area (Å²) in [4.78, 5) is 0. The summed E-state index contributed by atoms with van der Waals surface area (Å²) < 4.78 is 7.24. The van der Waals surface area contributed by atoms with E-state index in [9.17, 15) is 0 Å². The minimum atomic E-state index is 0.186. The van der Waals surface area contributed by atoms with E-state index >= 15 is 0 Å². The molecule has 0 aliphatic rings. The van der Waals surface area contributed by atoms with Crippen LogP contribution in [0.15, 0.2) is 30.3 Å². The lowest BCUT2D eigenvalue weighted by molar-refractivity contribution is 0.242. The number of hydrogen-bond donors (Lipinski definition) is 1. The van der Waals surface area contributed by atoms with Gasteiger partial charge in [0, 0.05) is 18.7 Å². The number of hydrogen-bond acceptors (Lipinski definition) is 3. The third-order valence-electron chi connectivity index (χ3n) is 2.44. The fourth-order valence-electron chi connectivity index (χ4n) is 1.60. The highest BCUT2D eigenvalue weighted by Crippen LogP contribution is 2.23. The molecular formula is C13H17N3O. The Labute approximate surface area is 101 Å². The van der Waals surface area contributed by atoms with Gasteiger partial charge in [-0.2, -0.15) is 5.10 Å². The zero-order valence-electron chi connectivity index (χ0n) is 10.3. The summed E-state index contributed by atoms with van der Waals surface area (Å²) in [6.07, 6.45) is 0.186. The van der Waals surface area contributed by atoms with Crippen molar-refractivity contribution in [3.05, 3.63) is 30.3 Å². The summed E-state index contributed by atoms with van der Waals surface area (Å²) >= 11 is 0. The first-order valence-electron chi connectivity index (χ1n) is 5.63. The molecular weight excluding hydrogens is 214 g/mol. The molecule has 1 aromatic heterocycles. The smallest absolute Gasteiger partial charge is 0.121 e. The number of rotatable bonds is 3. The van der Waals surface area contributed by atoms with Crippen LogP contribution in [0.4, 0.5) is 5.82 Å². The van der Waals surface area contributed by atoms with Gasteiger partial charge in [-0.3, -0.25) is 4.68 Å². The van der Waals surface area contributed by atoms with Crippen molar-refractivity contribution in [2.45, 2.75) is 20.0 Å². The molecule has 17 heavy (non-hydrogen) atoms. The third kappa shape index (κ3) is 2.58. The van der Waals surface area contributed by atoms with E-state index in [-0.39, 0.29) is 6.10 Å². The molecule has 0 fully saturated rings. The highest BCUT2D eigenvalue weighted by molar-refractivity contribution is 5.63. The van der Waals surface area contributed by atoms with E-state index in [1.54, 1.807) is 4.68 Å². The number of ether oxygens (including phenoxy) is 1. The van der Waals surface area contributed by atoms with Crippen LogP contribution in [0.25, 0.3) is 11.3 Å². The molecule has 0 saturated heterocycles. The van der Waals surface area contributed by atoms with E-state index in [1.165, 1.54) is 0 Å². The van der Waals surface area contributed by atoms with E-state index in [2.05, 4.69) is 5.10 Å². The zero-order chi connectivity index (χ0) is 12.4. The molecule has 0 saturated carbocycles. The third-order valence-corrected chi connectivity index (χ3v) is 2.44. The van der Waals surface area contributed by atoms with Gasteiger partial charge in [-0.25, -0.2) is 0 Å². The van der Waals surface area contributed by atoms with E-state index in [1.807, 2.05) is 51.2 Å². The Morgan fingerprint density at radius 1 is 1.24 bits per heavy atom. The van der Waals surface area contributed by atoms with Gasteiger partial charge in [0.05, 0.1) is 11.8 Å². The highest BCUT2D eigenvalue weighted by Gasteiger charge is 2.05. The Balaban J connectivity index is 2.23. The average molecular weight is 231 g/mol. The quantitative estimate of drug-likeness (QED) is 0.882. The van der Waals surface area contributed by atoms with Crippen LogP contribution in [0.1, 0.15) is 13.8 Å². The first kappa shape index (κ1) is 11.5. The van der Waals surface area contributed by atoms with E-state index in [0.29, 0.717) is 5.82 Å². The van der Waals surface area contributed by atoms with E-state index in [0.717, 1.165) is 17.0 Å². The maximum atomic E-state index is 5.75. The largest absolute Gasteiger partial charge is 0.491 e. The minimum absolute atomic E-state index is 0.186. The lowest BCUT2D eigenvalue weighted by atomic mass is 10.1. The Kier molecular flexibility index (Phi) is 3.04. The van der Waals surface area contributed by atoms with Gasteiger partial charge in [-0.1, -0.05) is 0 Å². The Morgan fingerprint density at radius 2 is 1.88 bits per heavy atom. The van der Waals surface area contributed by atoms with Crippen LogP contribution in [-0.4, -0.2) is 15.9 Å². The van der Waals surface area contributed by atoms with Gasteiger partial charge in [-0.15, -0.1) is 0 Å². The molecule has 1 heterocycles. The molecule has 0 aliphatic heterocycles. The van der Waals surface area contributed by atoms with Crippen molar-refractivity contribution < 1.29 is 4.74 Å². The fourth-order valence-corrected chi connectivity index (χ4v) is 1.60. The predicted molar refractivity (Wildman–Crippen MR) is 68.8 cm³/mol. The maximum Gasteiger partial charge on any atom is 0.121 e. The molecule has 2 aromatic rings. The zero-order valence-corrected chi connectivity index (χ0v) is 10.3. The van der Waals surface area contributed by atoms with Crippen molar-refractivity contribution >= 4 is 5.82 Å². The Morgan fingerprint density at radius 3 is 2.35 bits per heavy atom. The second-order valence-electron chi connectivity index (χ2n) is 4.27. The number of nitrogen functional groups attached to an aromatic ring is 1. The van der Waals surface area contributed by atoms with E-state index in [4.69, 9.17) is 10.5 Å². The maximum absolute atomic E-state index is 5.75. The molecule has 0 radical (unpaired) electrons. The van der Waals surface area contributed by atoms with E-state index < -0.39 is 0 Å². The summed E-state index contributed by atoms with van der Waals surface area (Å²) in [6.45, 7) is 4.01. The Hall–Kier alpha value is -1.97. The van der Waals surface area contributed by atoms with Crippen molar-refractivity contribution in [1.82, 2.24) is 9.78 Å². The van der Waals surface area contributed by atoms with Crippen LogP contribution in [0.3, 0.4) is 0 Å². The van der Waals surface area contributed by atoms with Crippen LogP contribution in [0.2, 0.25) is 0 Å². The van der Waals surface area contributed by atoms with Crippen LogP contribution in [0, 0.1) is 0 Å². The van der Waals surface area contributed by atoms with Crippen molar-refractivity contribution in [2.24, 2.45) is 7.05 Å². The number of anilines is 1. The van der Waals surface area contributed by atoms with Gasteiger partial charge in [-0.05, 0) is 38.1 Å². The number of nitrogens with zero attached hydrogens (tertiary/aromatic N) is 2. The van der Waals surface area contributed by atoms with Gasteiger partial charge in [0.25, 0.3) is 0 Å². The fraction of sp³-hybridized carbons (Fsp3) is 0.308. The molecule has 0 bridgehead atoms. The molecule has 0 amide bonds. The SMILES string of the molecule is CC(C)Oc1ccc(-c2cc(N)n(C)n2)cc1. The molecule has 4 nitrogen and oxygen atoms in total. The van der Waals surface area contributed by atoms with Crippen molar-refractivity contribution in [3.63, 3.8) is 0 Å². The van der Waals surface area contributed by atoms with Gasteiger partial charge in [0.15, 0.2) is 0 Å². The van der Waals surface area contributed by atoms with Gasteiger partial charge < -0.3 is 10.5 Å². The molecule has 1 aromatic carbocycles. The van der Waals surface area contributed by atoms with Crippen LogP contribution < -0.4 is 10.5 Å². The van der Waals surface area contributed by atoms with Gasteiger partial charge >= 0.3 is 0 Å². The standard InChI is InChI=1S/C13H17N3O/c1-9(2)17-11-6-4-10(5-7-11)12-8-13(14)16(3)15-12/h4-9H,14H2,1-3H3. The average Bonchev–Trinajstić information content (AvgIpc) is 2.59. The monoisotopic (exact) mass is 231 g/mol. The first-order chi connectivity index (χ1) is 8.06. The molecule has 0 unspecified atom stereocenters. The number of aromatic nitrogens is 2. The van der Waals surface area contributed by atoms with Gasteiger partial charge in [0.2, 0.25) is 0 Å². The molecule has 0 atom stereocenters. The molecule has 0 aliphatic carbocycles. The lowest BCUT2D eigenvalue weighted by Gasteiger charge is -2.09. The first-order valence-corrected chi connectivity index (χ1v) is 5.63. The number of nitrogens with two attached hydrogens (primary N) is 1.